The minimum absolute atomic E-state index is 0.0710. The van der Waals surface area contributed by atoms with Gasteiger partial charge in [0.25, 0.3) is 0 Å². The summed E-state index contributed by atoms with van der Waals surface area (Å²) in [5, 5.41) is 0. The molecule has 0 unspecified atom stereocenters. The highest BCUT2D eigenvalue weighted by atomic mass is 16.6. The van der Waals surface area contributed by atoms with Crippen LogP contribution in [0.5, 0.6) is 0 Å². The van der Waals surface area contributed by atoms with E-state index in [4.69, 9.17) is 9.47 Å². The van der Waals surface area contributed by atoms with Crippen LogP contribution in [0.3, 0.4) is 0 Å². The molecule has 122 valence electrons. The Bertz CT molecular complexity index is 473. The van der Waals surface area contributed by atoms with Crippen LogP contribution in [0.4, 0.5) is 0 Å². The molecule has 0 bridgehead atoms. The largest absolute Gasteiger partial charge is 0.459 e. The van der Waals surface area contributed by atoms with Gasteiger partial charge in [-0.25, -0.2) is 9.59 Å². The molecule has 0 atom stereocenters. The molecule has 0 N–H and O–H groups in total. The molecule has 1 aliphatic heterocycles. The van der Waals surface area contributed by atoms with Crippen molar-refractivity contribution in [2.45, 2.75) is 59.8 Å². The van der Waals surface area contributed by atoms with E-state index in [1.807, 2.05) is 31.1 Å². The van der Waals surface area contributed by atoms with Crippen LogP contribution < -0.4 is 0 Å². The summed E-state index contributed by atoms with van der Waals surface area (Å²) in [5.41, 5.74) is 0.423. The van der Waals surface area contributed by atoms with Gasteiger partial charge >= 0.3 is 11.9 Å². The maximum absolute atomic E-state index is 12.2. The monoisotopic (exact) mass is 307 g/mol. The minimum atomic E-state index is -0.664. The molecule has 1 heterocycles. The van der Waals surface area contributed by atoms with Gasteiger partial charge in [-0.2, -0.15) is 0 Å². The molecule has 0 saturated heterocycles. The van der Waals surface area contributed by atoms with E-state index in [0.29, 0.717) is 11.6 Å². The van der Waals surface area contributed by atoms with Crippen LogP contribution in [-0.2, 0) is 19.1 Å². The fraction of sp³-hybridized carbons (Fsp3) is 0.529. The van der Waals surface area contributed by atoms with E-state index in [1.165, 1.54) is 0 Å². The first kappa shape index (κ1) is 18.0. The average molecular weight is 307 g/mol. The number of hydrogen-bond acceptors (Lipinski definition) is 5. The predicted molar refractivity (Wildman–Crippen MR) is 84.7 cm³/mol. The second-order valence-corrected chi connectivity index (χ2v) is 5.91. The van der Waals surface area contributed by atoms with Gasteiger partial charge in [0, 0.05) is 18.4 Å². The van der Waals surface area contributed by atoms with Crippen molar-refractivity contribution in [1.29, 1.82) is 0 Å². The standard InChI is InChI=1S/C17H25NO4/c1-11(2)18-9-7-14(8-10-18)15(16(19)21-12(3)4)17(20)22-13(5)6/h7-13H,1-6H3. The zero-order valence-electron chi connectivity index (χ0n) is 14.1. The number of ether oxygens (including phenoxy) is 2. The summed E-state index contributed by atoms with van der Waals surface area (Å²) < 4.78 is 10.3. The predicted octanol–water partition coefficient (Wildman–Crippen LogP) is 2.94. The molecular formula is C17H25NO4. The van der Waals surface area contributed by atoms with Crippen LogP contribution >= 0.6 is 0 Å². The molecular weight excluding hydrogens is 282 g/mol. The third-order valence-corrected chi connectivity index (χ3v) is 2.83. The molecule has 0 aliphatic carbocycles. The summed E-state index contributed by atoms with van der Waals surface area (Å²) in [6, 6.07) is 0.294. The smallest absolute Gasteiger partial charge is 0.346 e. The van der Waals surface area contributed by atoms with Crippen molar-refractivity contribution in [2.24, 2.45) is 0 Å². The fourth-order valence-corrected chi connectivity index (χ4v) is 1.81. The molecule has 0 aromatic carbocycles. The van der Waals surface area contributed by atoms with Gasteiger partial charge in [0.15, 0.2) is 5.57 Å². The first-order valence-corrected chi connectivity index (χ1v) is 7.52. The van der Waals surface area contributed by atoms with Gasteiger partial charge in [-0.15, -0.1) is 0 Å². The highest BCUT2D eigenvalue weighted by molar-refractivity contribution is 6.15. The van der Waals surface area contributed by atoms with Crippen molar-refractivity contribution in [3.8, 4) is 0 Å². The van der Waals surface area contributed by atoms with E-state index >= 15 is 0 Å². The molecule has 1 rings (SSSR count). The Hall–Kier alpha value is -2.04. The highest BCUT2D eigenvalue weighted by Gasteiger charge is 2.26. The molecule has 0 amide bonds. The molecule has 0 fully saturated rings. The van der Waals surface area contributed by atoms with Crippen LogP contribution in [0.15, 0.2) is 35.7 Å². The zero-order chi connectivity index (χ0) is 16.9. The quantitative estimate of drug-likeness (QED) is 0.338. The summed E-state index contributed by atoms with van der Waals surface area (Å²) in [6.07, 6.45) is 6.48. The Morgan fingerprint density at radius 2 is 1.27 bits per heavy atom. The van der Waals surface area contributed by atoms with E-state index in [9.17, 15) is 9.59 Å². The van der Waals surface area contributed by atoms with Crippen LogP contribution in [0.2, 0.25) is 0 Å². The van der Waals surface area contributed by atoms with Crippen molar-refractivity contribution in [3.05, 3.63) is 35.7 Å². The molecule has 0 aromatic heterocycles. The first-order chi connectivity index (χ1) is 10.2. The number of carbonyl (C=O) groups excluding carboxylic acids is 2. The first-order valence-electron chi connectivity index (χ1n) is 7.52. The third-order valence-electron chi connectivity index (χ3n) is 2.83. The van der Waals surface area contributed by atoms with Crippen LogP contribution in [0.1, 0.15) is 41.5 Å². The van der Waals surface area contributed by atoms with Gasteiger partial charge in [0.1, 0.15) is 0 Å². The van der Waals surface area contributed by atoms with E-state index in [-0.39, 0.29) is 17.8 Å². The lowest BCUT2D eigenvalue weighted by Crippen LogP contribution is -2.25. The van der Waals surface area contributed by atoms with Crippen molar-refractivity contribution in [3.63, 3.8) is 0 Å². The second kappa shape index (κ2) is 7.82. The third kappa shape index (κ3) is 5.06. The lowest BCUT2D eigenvalue weighted by atomic mass is 10.1. The number of nitrogens with zero attached hydrogens (tertiary/aromatic N) is 1. The summed E-state index contributed by atoms with van der Waals surface area (Å²) in [6.45, 7) is 11.0. The molecule has 0 spiro atoms. The van der Waals surface area contributed by atoms with E-state index < -0.39 is 11.9 Å². The van der Waals surface area contributed by atoms with Gasteiger partial charge in [-0.1, -0.05) is 0 Å². The number of carbonyl (C=O) groups is 2. The number of esters is 2. The zero-order valence-corrected chi connectivity index (χ0v) is 14.1. The van der Waals surface area contributed by atoms with E-state index in [1.54, 1.807) is 39.8 Å². The molecule has 22 heavy (non-hydrogen) atoms. The normalized spacial score (nSPS) is 14.0. The lowest BCUT2D eigenvalue weighted by Gasteiger charge is -2.23. The average Bonchev–Trinajstić information content (AvgIpc) is 2.37. The second-order valence-electron chi connectivity index (χ2n) is 5.91. The minimum Gasteiger partial charge on any atom is -0.459 e. The molecule has 5 nitrogen and oxygen atoms in total. The Morgan fingerprint density at radius 3 is 1.59 bits per heavy atom. The molecule has 1 aliphatic rings. The fourth-order valence-electron chi connectivity index (χ4n) is 1.81. The van der Waals surface area contributed by atoms with Crippen LogP contribution in [0.25, 0.3) is 0 Å². The lowest BCUT2D eigenvalue weighted by molar-refractivity contribution is -0.151. The number of allylic oxidation sites excluding steroid dienone is 3. The van der Waals surface area contributed by atoms with Gasteiger partial charge in [0.2, 0.25) is 0 Å². The number of hydrogen-bond donors (Lipinski definition) is 0. The van der Waals surface area contributed by atoms with Crippen LogP contribution in [0, 0.1) is 0 Å². The summed E-state index contributed by atoms with van der Waals surface area (Å²) in [5.74, 6) is -1.33. The van der Waals surface area contributed by atoms with Crippen molar-refractivity contribution < 1.29 is 19.1 Å². The SMILES string of the molecule is CC(C)OC(=O)C(C(=O)OC(C)C)=C1C=CN(C(C)C)C=C1. The molecule has 0 saturated carbocycles. The molecule has 5 heteroatoms. The Labute approximate surface area is 132 Å². The maximum atomic E-state index is 12.2. The molecule has 0 radical (unpaired) electrons. The summed E-state index contributed by atoms with van der Waals surface area (Å²) in [4.78, 5) is 26.4. The van der Waals surface area contributed by atoms with Gasteiger partial charge in [0.05, 0.1) is 12.2 Å². The Kier molecular flexibility index (Phi) is 6.40. The van der Waals surface area contributed by atoms with Crippen molar-refractivity contribution >= 4 is 11.9 Å². The topological polar surface area (TPSA) is 55.8 Å². The maximum Gasteiger partial charge on any atom is 0.346 e. The Balaban J connectivity index is 3.13. The molecule has 0 aromatic rings. The van der Waals surface area contributed by atoms with Crippen molar-refractivity contribution in [2.75, 3.05) is 0 Å². The number of rotatable bonds is 5. The van der Waals surface area contributed by atoms with Gasteiger partial charge < -0.3 is 14.4 Å². The van der Waals surface area contributed by atoms with Crippen molar-refractivity contribution in [1.82, 2.24) is 4.90 Å². The highest BCUT2D eigenvalue weighted by Crippen LogP contribution is 2.19. The summed E-state index contributed by atoms with van der Waals surface area (Å²) >= 11 is 0. The van der Waals surface area contributed by atoms with E-state index in [2.05, 4.69) is 0 Å². The van der Waals surface area contributed by atoms with E-state index in [0.717, 1.165) is 0 Å². The Morgan fingerprint density at radius 1 is 0.864 bits per heavy atom. The summed E-state index contributed by atoms with van der Waals surface area (Å²) in [7, 11) is 0. The van der Waals surface area contributed by atoms with Gasteiger partial charge in [-0.05, 0) is 59.3 Å². The van der Waals surface area contributed by atoms with Crippen LogP contribution in [-0.4, -0.2) is 35.1 Å². The van der Waals surface area contributed by atoms with Gasteiger partial charge in [-0.3, -0.25) is 0 Å².